The summed E-state index contributed by atoms with van der Waals surface area (Å²) < 4.78 is 2.12. The van der Waals surface area contributed by atoms with Crippen LogP contribution in [-0.4, -0.2) is 31.4 Å². The van der Waals surface area contributed by atoms with Gasteiger partial charge in [0.2, 0.25) is 0 Å². The molecule has 2 aromatic heterocycles. The molecule has 2 rings (SSSR count). The first-order valence-electron chi connectivity index (χ1n) is 6.66. The van der Waals surface area contributed by atoms with Crippen molar-refractivity contribution < 1.29 is 9.90 Å². The van der Waals surface area contributed by atoms with E-state index in [-0.39, 0.29) is 11.3 Å². The van der Waals surface area contributed by atoms with E-state index in [4.69, 9.17) is 5.11 Å². The minimum atomic E-state index is -0.840. The highest BCUT2D eigenvalue weighted by atomic mass is 32.2. The van der Waals surface area contributed by atoms with Crippen molar-refractivity contribution in [2.75, 3.05) is 5.75 Å². The predicted molar refractivity (Wildman–Crippen MR) is 85.2 cm³/mol. The standard InChI is InChI=1S/C14H19N3O2S2/c1-9(2)10-7-16-13(21-8-11(18)19)17(10)14(3,4)12-15-5-6-20-12/h5-7,9H,8H2,1-4H3,(H,18,19). The highest BCUT2D eigenvalue weighted by Gasteiger charge is 2.31. The smallest absolute Gasteiger partial charge is 0.313 e. The average Bonchev–Trinajstić information content (AvgIpc) is 3.05. The minimum absolute atomic E-state index is 0.00248. The molecule has 2 aromatic rings. The fourth-order valence-electron chi connectivity index (χ4n) is 2.17. The third-order valence-corrected chi connectivity index (χ3v) is 5.21. The lowest BCUT2D eigenvalue weighted by Gasteiger charge is -2.29. The molecule has 7 heteroatoms. The van der Waals surface area contributed by atoms with E-state index < -0.39 is 5.97 Å². The number of carboxylic acids is 1. The van der Waals surface area contributed by atoms with Crippen LogP contribution in [0.5, 0.6) is 0 Å². The molecule has 0 unspecified atom stereocenters. The molecule has 0 aromatic carbocycles. The van der Waals surface area contributed by atoms with Gasteiger partial charge in [-0.2, -0.15) is 0 Å². The van der Waals surface area contributed by atoms with Crippen molar-refractivity contribution in [2.45, 2.75) is 44.3 Å². The highest BCUT2D eigenvalue weighted by molar-refractivity contribution is 7.99. The Morgan fingerprint density at radius 1 is 1.48 bits per heavy atom. The van der Waals surface area contributed by atoms with Crippen molar-refractivity contribution in [1.29, 1.82) is 0 Å². The number of rotatable bonds is 6. The van der Waals surface area contributed by atoms with Crippen LogP contribution in [0.1, 0.15) is 44.3 Å². The molecule has 21 heavy (non-hydrogen) atoms. The molecular weight excluding hydrogens is 306 g/mol. The molecule has 114 valence electrons. The Hall–Kier alpha value is -1.34. The van der Waals surface area contributed by atoms with E-state index in [9.17, 15) is 4.79 Å². The van der Waals surface area contributed by atoms with Crippen LogP contribution in [0.4, 0.5) is 0 Å². The summed E-state index contributed by atoms with van der Waals surface area (Å²) >= 11 is 2.84. The van der Waals surface area contributed by atoms with Crippen molar-refractivity contribution in [3.8, 4) is 0 Å². The van der Waals surface area contributed by atoms with Crippen molar-refractivity contribution in [2.24, 2.45) is 0 Å². The van der Waals surface area contributed by atoms with Gasteiger partial charge in [-0.15, -0.1) is 11.3 Å². The summed E-state index contributed by atoms with van der Waals surface area (Å²) in [6.45, 7) is 8.39. The number of aliphatic carboxylic acids is 1. The zero-order valence-electron chi connectivity index (χ0n) is 12.5. The van der Waals surface area contributed by atoms with Gasteiger partial charge in [0, 0.05) is 23.5 Å². The average molecular weight is 325 g/mol. The van der Waals surface area contributed by atoms with E-state index in [0.717, 1.165) is 15.9 Å². The second-order valence-corrected chi connectivity index (χ2v) is 7.37. The van der Waals surface area contributed by atoms with E-state index in [2.05, 4.69) is 42.2 Å². The van der Waals surface area contributed by atoms with Gasteiger partial charge in [-0.25, -0.2) is 9.97 Å². The predicted octanol–water partition coefficient (Wildman–Crippen LogP) is 3.42. The summed E-state index contributed by atoms with van der Waals surface area (Å²) in [5, 5.41) is 12.6. The van der Waals surface area contributed by atoms with Crippen LogP contribution >= 0.6 is 23.1 Å². The molecule has 0 bridgehead atoms. The Morgan fingerprint density at radius 3 is 2.71 bits per heavy atom. The largest absolute Gasteiger partial charge is 0.481 e. The maximum atomic E-state index is 10.8. The number of carbonyl (C=O) groups is 1. The first-order chi connectivity index (χ1) is 9.84. The van der Waals surface area contributed by atoms with Gasteiger partial charge in [0.25, 0.3) is 0 Å². The van der Waals surface area contributed by atoms with E-state index in [0.29, 0.717) is 5.92 Å². The van der Waals surface area contributed by atoms with Gasteiger partial charge >= 0.3 is 5.97 Å². The Balaban J connectivity index is 2.48. The normalized spacial score (nSPS) is 12.0. The van der Waals surface area contributed by atoms with Crippen molar-refractivity contribution in [1.82, 2.24) is 14.5 Å². The Bertz CT molecular complexity index is 618. The van der Waals surface area contributed by atoms with Gasteiger partial charge in [-0.1, -0.05) is 25.6 Å². The van der Waals surface area contributed by atoms with Crippen LogP contribution in [0.3, 0.4) is 0 Å². The van der Waals surface area contributed by atoms with Crippen LogP contribution in [0, 0.1) is 0 Å². The van der Waals surface area contributed by atoms with Gasteiger partial charge < -0.3 is 9.67 Å². The Kier molecular flexibility index (Phi) is 4.73. The van der Waals surface area contributed by atoms with Crippen molar-refractivity contribution in [3.05, 3.63) is 28.5 Å². The Labute approximate surface area is 132 Å². The molecule has 0 fully saturated rings. The zero-order valence-corrected chi connectivity index (χ0v) is 14.2. The number of thiazole rings is 1. The fourth-order valence-corrected chi connectivity index (χ4v) is 3.76. The van der Waals surface area contributed by atoms with Crippen LogP contribution in [0.2, 0.25) is 0 Å². The molecule has 0 aliphatic carbocycles. The van der Waals surface area contributed by atoms with Crippen molar-refractivity contribution in [3.63, 3.8) is 0 Å². The van der Waals surface area contributed by atoms with Crippen LogP contribution in [0.15, 0.2) is 22.9 Å². The number of aromatic nitrogens is 3. The van der Waals surface area contributed by atoms with Gasteiger partial charge in [-0.3, -0.25) is 4.79 Å². The highest BCUT2D eigenvalue weighted by Crippen LogP contribution is 2.35. The number of carboxylic acid groups (broad SMARTS) is 1. The SMILES string of the molecule is CC(C)c1cnc(SCC(=O)O)n1C(C)(C)c1nccs1. The van der Waals surface area contributed by atoms with Gasteiger partial charge in [0.1, 0.15) is 5.01 Å². The van der Waals surface area contributed by atoms with Crippen LogP contribution in [0.25, 0.3) is 0 Å². The molecule has 0 saturated heterocycles. The van der Waals surface area contributed by atoms with E-state index in [1.807, 2.05) is 11.6 Å². The van der Waals surface area contributed by atoms with E-state index >= 15 is 0 Å². The topological polar surface area (TPSA) is 68.0 Å². The molecule has 0 spiro atoms. The van der Waals surface area contributed by atoms with Gasteiger partial charge in [0.15, 0.2) is 5.16 Å². The Morgan fingerprint density at radius 2 is 2.19 bits per heavy atom. The lowest BCUT2D eigenvalue weighted by atomic mass is 10.0. The molecule has 5 nitrogen and oxygen atoms in total. The summed E-state index contributed by atoms with van der Waals surface area (Å²) in [7, 11) is 0. The van der Waals surface area contributed by atoms with E-state index in [1.54, 1.807) is 17.5 Å². The maximum absolute atomic E-state index is 10.8. The van der Waals surface area contributed by atoms with Gasteiger partial charge in [0.05, 0.1) is 11.3 Å². The molecule has 0 aliphatic heterocycles. The first-order valence-corrected chi connectivity index (χ1v) is 8.53. The summed E-state index contributed by atoms with van der Waals surface area (Å²) in [5.41, 5.74) is 0.730. The zero-order chi connectivity index (χ0) is 15.6. The summed E-state index contributed by atoms with van der Waals surface area (Å²) in [4.78, 5) is 19.7. The third-order valence-electron chi connectivity index (χ3n) is 3.19. The second kappa shape index (κ2) is 6.19. The maximum Gasteiger partial charge on any atom is 0.313 e. The summed E-state index contributed by atoms with van der Waals surface area (Å²) in [6.07, 6.45) is 3.63. The summed E-state index contributed by atoms with van der Waals surface area (Å²) in [6, 6.07) is 0. The molecule has 2 heterocycles. The first kappa shape index (κ1) is 16.0. The molecule has 1 N–H and O–H groups in total. The number of thioether (sulfide) groups is 1. The molecule has 0 aliphatic rings. The molecule has 0 radical (unpaired) electrons. The number of hydrogen-bond acceptors (Lipinski definition) is 5. The lowest BCUT2D eigenvalue weighted by molar-refractivity contribution is -0.133. The minimum Gasteiger partial charge on any atom is -0.481 e. The number of imidazole rings is 1. The molecule has 0 atom stereocenters. The molecule has 0 amide bonds. The van der Waals surface area contributed by atoms with E-state index in [1.165, 1.54) is 11.8 Å². The quantitative estimate of drug-likeness (QED) is 0.824. The molecular formula is C14H19N3O2S2. The van der Waals surface area contributed by atoms with Crippen LogP contribution < -0.4 is 0 Å². The third kappa shape index (κ3) is 3.29. The lowest BCUT2D eigenvalue weighted by Crippen LogP contribution is -2.30. The van der Waals surface area contributed by atoms with Crippen LogP contribution in [-0.2, 0) is 10.3 Å². The van der Waals surface area contributed by atoms with Gasteiger partial charge in [-0.05, 0) is 19.8 Å². The number of hydrogen-bond donors (Lipinski definition) is 1. The fraction of sp³-hybridized carbons (Fsp3) is 0.500. The summed E-state index contributed by atoms with van der Waals surface area (Å²) in [5.74, 6) is -0.536. The van der Waals surface area contributed by atoms with Crippen molar-refractivity contribution >= 4 is 29.1 Å². The number of nitrogens with zero attached hydrogens (tertiary/aromatic N) is 3. The monoisotopic (exact) mass is 325 g/mol. The second-order valence-electron chi connectivity index (χ2n) is 5.53. The molecule has 0 saturated carbocycles.